The van der Waals surface area contributed by atoms with Gasteiger partial charge in [-0.1, -0.05) is 0 Å². The van der Waals surface area contributed by atoms with Crippen LogP contribution in [0.2, 0.25) is 0 Å². The first-order valence-electron chi connectivity index (χ1n) is 4.75. The molecule has 0 saturated carbocycles. The van der Waals surface area contributed by atoms with Gasteiger partial charge in [0.2, 0.25) is 0 Å². The van der Waals surface area contributed by atoms with E-state index in [1.54, 1.807) is 6.20 Å². The molecule has 4 nitrogen and oxygen atoms in total. The van der Waals surface area contributed by atoms with Gasteiger partial charge in [-0.2, -0.15) is 8.75 Å². The van der Waals surface area contributed by atoms with Gasteiger partial charge in [-0.15, -0.1) is 0 Å². The molecule has 1 aliphatic heterocycles. The van der Waals surface area contributed by atoms with Crippen molar-refractivity contribution >= 4 is 17.5 Å². The van der Waals surface area contributed by atoms with E-state index in [0.717, 1.165) is 37.8 Å². The predicted molar refractivity (Wildman–Crippen MR) is 52.4 cm³/mol. The summed E-state index contributed by atoms with van der Waals surface area (Å²) in [6, 6.07) is 0. The number of aromatic nitrogens is 2. The molecule has 5 heteroatoms. The third-order valence-corrected chi connectivity index (χ3v) is 2.94. The van der Waals surface area contributed by atoms with Crippen LogP contribution < -0.4 is 0 Å². The predicted octanol–water partition coefficient (Wildman–Crippen LogP) is 1.54. The summed E-state index contributed by atoms with van der Waals surface area (Å²) in [5.74, 6) is 0.587. The summed E-state index contributed by atoms with van der Waals surface area (Å²) in [4.78, 5) is 11.6. The fourth-order valence-corrected chi connectivity index (χ4v) is 2.04. The fourth-order valence-electron chi connectivity index (χ4n) is 1.60. The number of hydrogen-bond acceptors (Lipinski definition) is 5. The van der Waals surface area contributed by atoms with Crippen molar-refractivity contribution in [2.45, 2.75) is 19.3 Å². The molecule has 1 saturated heterocycles. The number of rotatable bonds is 3. The van der Waals surface area contributed by atoms with Crippen LogP contribution >= 0.6 is 11.7 Å². The van der Waals surface area contributed by atoms with Gasteiger partial charge < -0.3 is 4.74 Å². The van der Waals surface area contributed by atoms with Crippen molar-refractivity contribution < 1.29 is 9.53 Å². The third-order valence-electron chi connectivity index (χ3n) is 2.46. The molecule has 0 aromatic carbocycles. The summed E-state index contributed by atoms with van der Waals surface area (Å²) in [6.45, 7) is 1.57. The van der Waals surface area contributed by atoms with Crippen LogP contribution in [0.5, 0.6) is 0 Å². The number of carbonyl (C=O) groups is 1. The lowest BCUT2D eigenvalue weighted by Crippen LogP contribution is -2.18. The van der Waals surface area contributed by atoms with Crippen molar-refractivity contribution in [2.75, 3.05) is 13.2 Å². The van der Waals surface area contributed by atoms with Crippen LogP contribution in [0.3, 0.4) is 0 Å². The Morgan fingerprint density at radius 2 is 2.36 bits per heavy atom. The SMILES string of the molecule is O=C(CC1CCOCC1)c1cnsn1. The standard InChI is InChI=1S/C9H12N2O2S/c12-9(8-6-10-14-11-8)5-7-1-3-13-4-2-7/h6-7H,1-5H2. The molecule has 0 spiro atoms. The zero-order valence-electron chi connectivity index (χ0n) is 7.81. The normalized spacial score (nSPS) is 18.3. The van der Waals surface area contributed by atoms with Crippen LogP contribution in [-0.2, 0) is 4.74 Å². The average molecular weight is 212 g/mol. The smallest absolute Gasteiger partial charge is 0.184 e. The van der Waals surface area contributed by atoms with E-state index in [1.165, 1.54) is 0 Å². The monoisotopic (exact) mass is 212 g/mol. The van der Waals surface area contributed by atoms with E-state index in [9.17, 15) is 4.79 Å². The maximum Gasteiger partial charge on any atom is 0.184 e. The fraction of sp³-hybridized carbons (Fsp3) is 0.667. The highest BCUT2D eigenvalue weighted by Crippen LogP contribution is 2.20. The first-order valence-corrected chi connectivity index (χ1v) is 5.48. The summed E-state index contributed by atoms with van der Waals surface area (Å²) in [7, 11) is 0. The summed E-state index contributed by atoms with van der Waals surface area (Å²) < 4.78 is 13.0. The Morgan fingerprint density at radius 3 is 3.00 bits per heavy atom. The molecule has 0 atom stereocenters. The van der Waals surface area contributed by atoms with Gasteiger partial charge in [0.1, 0.15) is 5.69 Å². The molecular weight excluding hydrogens is 200 g/mol. The zero-order chi connectivity index (χ0) is 9.80. The molecule has 1 aromatic heterocycles. The number of hydrogen-bond donors (Lipinski definition) is 0. The first kappa shape index (κ1) is 9.73. The molecule has 76 valence electrons. The lowest BCUT2D eigenvalue weighted by molar-refractivity contribution is 0.0600. The largest absolute Gasteiger partial charge is 0.381 e. The van der Waals surface area contributed by atoms with Crippen LogP contribution in [0, 0.1) is 5.92 Å². The lowest BCUT2D eigenvalue weighted by atomic mass is 9.94. The minimum atomic E-state index is 0.116. The molecule has 1 aliphatic rings. The van der Waals surface area contributed by atoms with Crippen LogP contribution in [0.15, 0.2) is 6.20 Å². The lowest BCUT2D eigenvalue weighted by Gasteiger charge is -2.20. The summed E-state index contributed by atoms with van der Waals surface area (Å²) in [6.07, 6.45) is 4.12. The van der Waals surface area contributed by atoms with E-state index < -0.39 is 0 Å². The van der Waals surface area contributed by atoms with Crippen molar-refractivity contribution in [3.05, 3.63) is 11.9 Å². The molecule has 0 radical (unpaired) electrons. The highest BCUT2D eigenvalue weighted by Gasteiger charge is 2.19. The summed E-state index contributed by atoms with van der Waals surface area (Å²) >= 11 is 1.08. The highest BCUT2D eigenvalue weighted by atomic mass is 32.1. The van der Waals surface area contributed by atoms with E-state index in [-0.39, 0.29) is 5.78 Å². The summed E-state index contributed by atoms with van der Waals surface area (Å²) in [5.41, 5.74) is 0.515. The minimum absolute atomic E-state index is 0.116. The van der Waals surface area contributed by atoms with Crippen LogP contribution in [-0.4, -0.2) is 27.7 Å². The number of ether oxygens (including phenoxy) is 1. The molecule has 0 aliphatic carbocycles. The number of Topliss-reactive ketones (excluding diaryl/α,β-unsaturated/α-hetero) is 1. The van der Waals surface area contributed by atoms with Gasteiger partial charge in [0, 0.05) is 19.6 Å². The van der Waals surface area contributed by atoms with Crippen LogP contribution in [0.4, 0.5) is 0 Å². The molecular formula is C9H12N2O2S. The van der Waals surface area contributed by atoms with Gasteiger partial charge in [0.05, 0.1) is 17.9 Å². The topological polar surface area (TPSA) is 52.1 Å². The second-order valence-electron chi connectivity index (χ2n) is 3.48. The Hall–Kier alpha value is -0.810. The molecule has 14 heavy (non-hydrogen) atoms. The van der Waals surface area contributed by atoms with Crippen molar-refractivity contribution in [3.8, 4) is 0 Å². The Balaban J connectivity index is 1.87. The van der Waals surface area contributed by atoms with E-state index in [1.807, 2.05) is 0 Å². The second kappa shape index (κ2) is 4.61. The molecule has 2 rings (SSSR count). The molecule has 1 fully saturated rings. The Labute approximate surface area is 86.6 Å². The molecule has 0 N–H and O–H groups in total. The average Bonchev–Trinajstić information content (AvgIpc) is 2.72. The molecule has 1 aromatic rings. The van der Waals surface area contributed by atoms with Gasteiger partial charge in [0.15, 0.2) is 5.78 Å². The van der Waals surface area contributed by atoms with Crippen molar-refractivity contribution in [1.82, 2.24) is 8.75 Å². The summed E-state index contributed by atoms with van der Waals surface area (Å²) in [5, 5.41) is 0. The highest BCUT2D eigenvalue weighted by molar-refractivity contribution is 6.99. The van der Waals surface area contributed by atoms with Gasteiger partial charge in [0.25, 0.3) is 0 Å². The van der Waals surface area contributed by atoms with Gasteiger partial charge in [-0.25, -0.2) is 0 Å². The first-order chi connectivity index (χ1) is 6.86. The van der Waals surface area contributed by atoms with Crippen molar-refractivity contribution in [2.24, 2.45) is 5.92 Å². The second-order valence-corrected chi connectivity index (χ2v) is 4.03. The number of ketones is 1. The van der Waals surface area contributed by atoms with Crippen LogP contribution in [0.25, 0.3) is 0 Å². The van der Waals surface area contributed by atoms with E-state index >= 15 is 0 Å². The Bertz CT molecular complexity index is 294. The van der Waals surface area contributed by atoms with Gasteiger partial charge in [-0.05, 0) is 18.8 Å². The Kier molecular flexibility index (Phi) is 3.21. The molecule has 0 bridgehead atoms. The minimum Gasteiger partial charge on any atom is -0.381 e. The maximum atomic E-state index is 11.6. The zero-order valence-corrected chi connectivity index (χ0v) is 8.63. The van der Waals surface area contributed by atoms with E-state index in [2.05, 4.69) is 8.75 Å². The van der Waals surface area contributed by atoms with Crippen LogP contribution in [0.1, 0.15) is 29.8 Å². The molecule has 2 heterocycles. The van der Waals surface area contributed by atoms with Crippen molar-refractivity contribution in [3.63, 3.8) is 0 Å². The van der Waals surface area contributed by atoms with E-state index in [4.69, 9.17) is 4.74 Å². The number of carbonyl (C=O) groups excluding carboxylic acids is 1. The molecule has 0 amide bonds. The Morgan fingerprint density at radius 1 is 1.57 bits per heavy atom. The van der Waals surface area contributed by atoms with E-state index in [0.29, 0.717) is 18.0 Å². The van der Waals surface area contributed by atoms with Gasteiger partial charge >= 0.3 is 0 Å². The molecule has 0 unspecified atom stereocenters. The van der Waals surface area contributed by atoms with Crippen molar-refractivity contribution in [1.29, 1.82) is 0 Å². The maximum absolute atomic E-state index is 11.6. The van der Waals surface area contributed by atoms with Gasteiger partial charge in [-0.3, -0.25) is 4.79 Å². The number of nitrogens with zero attached hydrogens (tertiary/aromatic N) is 2. The third kappa shape index (κ3) is 2.36. The quantitative estimate of drug-likeness (QED) is 0.713.